The van der Waals surface area contributed by atoms with E-state index in [0.717, 1.165) is 23.7 Å². The zero-order valence-corrected chi connectivity index (χ0v) is 8.21. The number of rotatable bonds is 1. The Morgan fingerprint density at radius 2 is 2.00 bits per heavy atom. The number of fused-ring (bicyclic) bond motifs is 5. The smallest absolute Gasteiger partial charge is 0.0312 e. The SMILES string of the molecule is NCC1(N)CC2CC1C1CCCC21. The van der Waals surface area contributed by atoms with Crippen LogP contribution in [0.2, 0.25) is 0 Å². The molecule has 4 N–H and O–H groups in total. The Morgan fingerprint density at radius 3 is 2.77 bits per heavy atom. The third-order valence-electron chi connectivity index (χ3n) is 5.06. The molecular formula is C11H20N2. The van der Waals surface area contributed by atoms with Gasteiger partial charge in [0.2, 0.25) is 0 Å². The summed E-state index contributed by atoms with van der Waals surface area (Å²) in [5.74, 6) is 3.70. The molecule has 3 aliphatic rings. The molecule has 0 aromatic carbocycles. The fourth-order valence-corrected chi connectivity index (χ4v) is 4.55. The second-order valence-corrected chi connectivity index (χ2v) is 5.50. The van der Waals surface area contributed by atoms with Gasteiger partial charge in [0.15, 0.2) is 0 Å². The number of nitrogens with two attached hydrogens (primary N) is 2. The molecule has 0 saturated heterocycles. The molecule has 2 heteroatoms. The van der Waals surface area contributed by atoms with Crippen LogP contribution in [0.15, 0.2) is 0 Å². The molecule has 5 atom stereocenters. The second-order valence-electron chi connectivity index (χ2n) is 5.50. The highest BCUT2D eigenvalue weighted by atomic mass is 14.9. The average molecular weight is 180 g/mol. The lowest BCUT2D eigenvalue weighted by molar-refractivity contribution is 0.162. The van der Waals surface area contributed by atoms with Crippen LogP contribution in [-0.4, -0.2) is 12.1 Å². The summed E-state index contributed by atoms with van der Waals surface area (Å²) in [6, 6.07) is 0. The molecule has 2 bridgehead atoms. The van der Waals surface area contributed by atoms with Gasteiger partial charge in [-0.05, 0) is 49.4 Å². The van der Waals surface area contributed by atoms with Gasteiger partial charge in [0.1, 0.15) is 0 Å². The lowest BCUT2D eigenvalue weighted by atomic mass is 9.71. The lowest BCUT2D eigenvalue weighted by Crippen LogP contribution is -2.54. The molecule has 3 saturated carbocycles. The monoisotopic (exact) mass is 180 g/mol. The summed E-state index contributed by atoms with van der Waals surface area (Å²) >= 11 is 0. The van der Waals surface area contributed by atoms with Crippen molar-refractivity contribution in [2.75, 3.05) is 6.54 Å². The minimum atomic E-state index is 0.0240. The minimum Gasteiger partial charge on any atom is -0.329 e. The van der Waals surface area contributed by atoms with E-state index in [9.17, 15) is 0 Å². The van der Waals surface area contributed by atoms with E-state index in [-0.39, 0.29) is 5.54 Å². The molecule has 0 aromatic rings. The first kappa shape index (κ1) is 8.25. The van der Waals surface area contributed by atoms with E-state index >= 15 is 0 Å². The Labute approximate surface area is 80.1 Å². The quantitative estimate of drug-likeness (QED) is 0.635. The molecule has 0 aliphatic heterocycles. The van der Waals surface area contributed by atoms with Crippen molar-refractivity contribution in [3.63, 3.8) is 0 Å². The van der Waals surface area contributed by atoms with Crippen molar-refractivity contribution in [3.05, 3.63) is 0 Å². The van der Waals surface area contributed by atoms with Crippen LogP contribution in [0, 0.1) is 23.7 Å². The topological polar surface area (TPSA) is 52.0 Å². The molecule has 13 heavy (non-hydrogen) atoms. The number of hydrogen-bond donors (Lipinski definition) is 2. The van der Waals surface area contributed by atoms with Crippen molar-refractivity contribution in [1.82, 2.24) is 0 Å². The van der Waals surface area contributed by atoms with Gasteiger partial charge in [0.25, 0.3) is 0 Å². The van der Waals surface area contributed by atoms with Gasteiger partial charge in [-0.3, -0.25) is 0 Å². The van der Waals surface area contributed by atoms with Crippen molar-refractivity contribution in [3.8, 4) is 0 Å². The van der Waals surface area contributed by atoms with E-state index in [1.807, 2.05) is 0 Å². The molecule has 3 aliphatic carbocycles. The van der Waals surface area contributed by atoms with Crippen molar-refractivity contribution in [2.45, 2.75) is 37.6 Å². The minimum absolute atomic E-state index is 0.0240. The zero-order valence-electron chi connectivity index (χ0n) is 8.21. The van der Waals surface area contributed by atoms with Gasteiger partial charge in [-0.2, -0.15) is 0 Å². The largest absolute Gasteiger partial charge is 0.329 e. The van der Waals surface area contributed by atoms with Gasteiger partial charge in [0, 0.05) is 12.1 Å². The average Bonchev–Trinajstić information content (AvgIpc) is 2.72. The maximum absolute atomic E-state index is 6.37. The molecule has 0 heterocycles. The molecule has 0 spiro atoms. The van der Waals surface area contributed by atoms with E-state index in [4.69, 9.17) is 11.5 Å². The van der Waals surface area contributed by atoms with E-state index in [2.05, 4.69) is 0 Å². The van der Waals surface area contributed by atoms with Crippen LogP contribution in [0.5, 0.6) is 0 Å². The third kappa shape index (κ3) is 0.909. The molecule has 0 amide bonds. The molecular weight excluding hydrogens is 160 g/mol. The molecule has 0 aromatic heterocycles. The predicted molar refractivity (Wildman–Crippen MR) is 53.0 cm³/mol. The first-order valence-electron chi connectivity index (χ1n) is 5.73. The van der Waals surface area contributed by atoms with Crippen molar-refractivity contribution in [1.29, 1.82) is 0 Å². The summed E-state index contributed by atoms with van der Waals surface area (Å²) in [7, 11) is 0. The van der Waals surface area contributed by atoms with Gasteiger partial charge in [-0.15, -0.1) is 0 Å². The van der Waals surface area contributed by atoms with Crippen molar-refractivity contribution < 1.29 is 0 Å². The second kappa shape index (κ2) is 2.48. The van der Waals surface area contributed by atoms with Crippen LogP contribution in [0.4, 0.5) is 0 Å². The molecule has 74 valence electrons. The summed E-state index contributed by atoms with van der Waals surface area (Å²) < 4.78 is 0. The van der Waals surface area contributed by atoms with Gasteiger partial charge >= 0.3 is 0 Å². The van der Waals surface area contributed by atoms with Crippen LogP contribution >= 0.6 is 0 Å². The Morgan fingerprint density at radius 1 is 1.23 bits per heavy atom. The van der Waals surface area contributed by atoms with Crippen LogP contribution < -0.4 is 11.5 Å². The standard InChI is InChI=1S/C11H20N2/c12-6-11(13)5-7-4-10(11)9-3-1-2-8(7)9/h7-10H,1-6,12-13H2. The normalized spacial score (nSPS) is 58.6. The predicted octanol–water partition coefficient (Wildman–Crippen LogP) is 1.10. The first-order chi connectivity index (χ1) is 6.24. The van der Waals surface area contributed by atoms with Gasteiger partial charge in [-0.25, -0.2) is 0 Å². The van der Waals surface area contributed by atoms with Gasteiger partial charge < -0.3 is 11.5 Å². The van der Waals surface area contributed by atoms with Gasteiger partial charge in [-0.1, -0.05) is 6.42 Å². The van der Waals surface area contributed by atoms with Crippen molar-refractivity contribution in [2.24, 2.45) is 35.1 Å². The maximum Gasteiger partial charge on any atom is 0.0312 e. The van der Waals surface area contributed by atoms with Gasteiger partial charge in [0.05, 0.1) is 0 Å². The molecule has 0 radical (unpaired) electrons. The van der Waals surface area contributed by atoms with Crippen LogP contribution in [0.25, 0.3) is 0 Å². The summed E-state index contributed by atoms with van der Waals surface area (Å²) in [5, 5.41) is 0. The lowest BCUT2D eigenvalue weighted by Gasteiger charge is -2.39. The fourth-order valence-electron chi connectivity index (χ4n) is 4.55. The highest BCUT2D eigenvalue weighted by molar-refractivity contribution is 5.12. The highest BCUT2D eigenvalue weighted by Crippen LogP contribution is 2.61. The number of hydrogen-bond acceptors (Lipinski definition) is 2. The maximum atomic E-state index is 6.37. The molecule has 5 unspecified atom stereocenters. The summed E-state index contributed by atoms with van der Waals surface area (Å²) in [6.07, 6.45) is 6.97. The Hall–Kier alpha value is -0.0800. The summed E-state index contributed by atoms with van der Waals surface area (Å²) in [6.45, 7) is 0.706. The third-order valence-corrected chi connectivity index (χ3v) is 5.06. The van der Waals surface area contributed by atoms with Crippen molar-refractivity contribution >= 4 is 0 Å². The Balaban J connectivity index is 1.89. The fraction of sp³-hybridized carbons (Fsp3) is 1.00. The Kier molecular flexibility index (Phi) is 1.58. The van der Waals surface area contributed by atoms with Crippen LogP contribution in [0.3, 0.4) is 0 Å². The van der Waals surface area contributed by atoms with E-state index in [1.165, 1.54) is 32.1 Å². The van der Waals surface area contributed by atoms with E-state index in [0.29, 0.717) is 6.54 Å². The van der Waals surface area contributed by atoms with Crippen LogP contribution in [-0.2, 0) is 0 Å². The molecule has 3 fully saturated rings. The van der Waals surface area contributed by atoms with Crippen LogP contribution in [0.1, 0.15) is 32.1 Å². The van der Waals surface area contributed by atoms with E-state index in [1.54, 1.807) is 0 Å². The van der Waals surface area contributed by atoms with E-state index < -0.39 is 0 Å². The zero-order chi connectivity index (χ0) is 9.05. The Bertz CT molecular complexity index is 228. The summed E-state index contributed by atoms with van der Waals surface area (Å²) in [5.41, 5.74) is 12.2. The highest BCUT2D eigenvalue weighted by Gasteiger charge is 2.58. The molecule has 2 nitrogen and oxygen atoms in total. The molecule has 3 rings (SSSR count). The summed E-state index contributed by atoms with van der Waals surface area (Å²) in [4.78, 5) is 0. The first-order valence-corrected chi connectivity index (χ1v) is 5.73.